The molecule has 0 radical (unpaired) electrons. The highest BCUT2D eigenvalue weighted by Gasteiger charge is 2.29. The molecule has 4 aromatic rings. The number of carbonyl (C=O) groups is 2. The summed E-state index contributed by atoms with van der Waals surface area (Å²) < 4.78 is 32.4. The Morgan fingerprint density at radius 1 is 0.900 bits per heavy atom. The lowest BCUT2D eigenvalue weighted by atomic mass is 9.99. The van der Waals surface area contributed by atoms with Gasteiger partial charge in [0.2, 0.25) is 5.78 Å². The number of fused-ring (bicyclic) bond motifs is 1. The maximum absolute atomic E-state index is 13.6. The second-order valence-electron chi connectivity index (χ2n) is 6.55. The van der Waals surface area contributed by atoms with Gasteiger partial charge in [-0.3, -0.25) is 4.79 Å². The molecule has 0 bridgehead atoms. The minimum atomic E-state index is -1.30. The second kappa shape index (κ2) is 8.08. The highest BCUT2D eigenvalue weighted by molar-refractivity contribution is 6.33. The van der Waals surface area contributed by atoms with Gasteiger partial charge in [-0.15, -0.1) is 0 Å². The Kier molecular flexibility index (Phi) is 5.33. The molecule has 0 saturated carbocycles. The fourth-order valence-corrected chi connectivity index (χ4v) is 3.39. The predicted molar refractivity (Wildman–Crippen MR) is 109 cm³/mol. The van der Waals surface area contributed by atoms with E-state index in [-0.39, 0.29) is 10.6 Å². The smallest absolute Gasteiger partial charge is 0.340 e. The van der Waals surface area contributed by atoms with Crippen LogP contribution in [0, 0.1) is 11.6 Å². The zero-order valence-electron chi connectivity index (χ0n) is 15.4. The Morgan fingerprint density at radius 2 is 1.57 bits per heavy atom. The third kappa shape index (κ3) is 3.69. The third-order valence-electron chi connectivity index (χ3n) is 4.65. The van der Waals surface area contributed by atoms with Gasteiger partial charge in [-0.25, -0.2) is 13.6 Å². The summed E-state index contributed by atoms with van der Waals surface area (Å²) in [6.45, 7) is 0. The molecule has 1 unspecified atom stereocenters. The number of hydrogen-bond acceptors (Lipinski definition) is 3. The van der Waals surface area contributed by atoms with Crippen molar-refractivity contribution >= 4 is 34.3 Å². The monoisotopic (exact) mass is 425 g/mol. The average molecular weight is 426 g/mol. The van der Waals surface area contributed by atoms with Crippen molar-refractivity contribution < 1.29 is 23.1 Å². The first kappa shape index (κ1) is 19.8. The number of carbonyl (C=O) groups excluding carboxylic acids is 2. The number of rotatable bonds is 5. The first-order valence-electron chi connectivity index (χ1n) is 8.96. The van der Waals surface area contributed by atoms with E-state index < -0.39 is 29.5 Å². The molecule has 1 heterocycles. The minimum Gasteiger partial charge on any atom is -0.445 e. The lowest BCUT2D eigenvalue weighted by Crippen LogP contribution is -2.20. The molecule has 30 heavy (non-hydrogen) atoms. The van der Waals surface area contributed by atoms with Crippen LogP contribution < -0.4 is 0 Å². The lowest BCUT2D eigenvalue weighted by molar-refractivity contribution is 0.0280. The number of ketones is 1. The molecule has 0 fully saturated rings. The molecule has 1 N–H and O–H groups in total. The van der Waals surface area contributed by atoms with Gasteiger partial charge in [0.25, 0.3) is 0 Å². The molecule has 7 heteroatoms. The highest BCUT2D eigenvalue weighted by Crippen LogP contribution is 2.29. The lowest BCUT2D eigenvalue weighted by Gasteiger charge is -2.17. The van der Waals surface area contributed by atoms with E-state index in [1.54, 1.807) is 48.7 Å². The Labute approximate surface area is 175 Å². The molecule has 0 spiro atoms. The standard InChI is InChI=1S/C23H14ClF2NO3/c24-17-11-19(26)18(25)10-15(17)23(29)30-22(13-6-2-1-3-7-13)21(28)16-12-27-20-9-5-4-8-14(16)20/h1-12,22,27H. The van der Waals surface area contributed by atoms with Gasteiger partial charge in [-0.05, 0) is 18.2 Å². The zero-order chi connectivity index (χ0) is 21.3. The van der Waals surface area contributed by atoms with Gasteiger partial charge in [0, 0.05) is 28.2 Å². The van der Waals surface area contributed by atoms with Crippen LogP contribution >= 0.6 is 11.6 Å². The van der Waals surface area contributed by atoms with Gasteiger partial charge in [0.05, 0.1) is 10.6 Å². The van der Waals surface area contributed by atoms with E-state index in [1.165, 1.54) is 0 Å². The van der Waals surface area contributed by atoms with Crippen LogP contribution in [0.1, 0.15) is 32.4 Å². The SMILES string of the molecule is O=C(OC(C(=O)c1c[nH]c2ccccc12)c1ccccc1)c1cc(F)c(F)cc1Cl. The van der Waals surface area contributed by atoms with Crippen LogP contribution in [-0.2, 0) is 4.74 Å². The number of H-pyrrole nitrogens is 1. The van der Waals surface area contributed by atoms with Gasteiger partial charge in [0.1, 0.15) is 0 Å². The van der Waals surface area contributed by atoms with Crippen molar-refractivity contribution in [3.05, 3.63) is 106 Å². The Hall–Kier alpha value is -3.51. The van der Waals surface area contributed by atoms with Gasteiger partial charge in [0.15, 0.2) is 17.7 Å². The van der Waals surface area contributed by atoms with Gasteiger partial charge < -0.3 is 9.72 Å². The Bertz CT molecular complexity index is 1250. The molecule has 0 aliphatic carbocycles. The van der Waals surface area contributed by atoms with Crippen molar-refractivity contribution in [2.24, 2.45) is 0 Å². The van der Waals surface area contributed by atoms with Crippen molar-refractivity contribution in [2.45, 2.75) is 6.10 Å². The number of Topliss-reactive ketones (excluding diaryl/α,β-unsaturated/α-hetero) is 1. The van der Waals surface area contributed by atoms with Crippen molar-refractivity contribution in [3.63, 3.8) is 0 Å². The van der Waals surface area contributed by atoms with Crippen molar-refractivity contribution in [3.8, 4) is 0 Å². The summed E-state index contributed by atoms with van der Waals surface area (Å²) in [5.74, 6) is -3.94. The van der Waals surface area contributed by atoms with Gasteiger partial charge in [-0.1, -0.05) is 60.1 Å². The molecule has 1 atom stereocenters. The summed E-state index contributed by atoms with van der Waals surface area (Å²) in [7, 11) is 0. The molecular formula is C23H14ClF2NO3. The van der Waals surface area contributed by atoms with E-state index in [9.17, 15) is 18.4 Å². The zero-order valence-corrected chi connectivity index (χ0v) is 16.1. The Morgan fingerprint density at radius 3 is 2.33 bits per heavy atom. The van der Waals surface area contributed by atoms with E-state index in [0.717, 1.165) is 5.52 Å². The molecule has 0 aliphatic heterocycles. The number of nitrogens with one attached hydrogen (secondary N) is 1. The van der Waals surface area contributed by atoms with E-state index in [4.69, 9.17) is 16.3 Å². The van der Waals surface area contributed by atoms with Crippen LogP contribution in [0.5, 0.6) is 0 Å². The first-order valence-corrected chi connectivity index (χ1v) is 9.34. The van der Waals surface area contributed by atoms with Gasteiger partial charge in [-0.2, -0.15) is 0 Å². The van der Waals surface area contributed by atoms with E-state index >= 15 is 0 Å². The molecule has 0 aliphatic rings. The topological polar surface area (TPSA) is 59.2 Å². The van der Waals surface area contributed by atoms with Crippen LogP contribution in [0.25, 0.3) is 10.9 Å². The summed E-state index contributed by atoms with van der Waals surface area (Å²) in [5.41, 5.74) is 1.15. The number of benzene rings is 3. The molecule has 1 aromatic heterocycles. The number of ether oxygens (including phenoxy) is 1. The largest absolute Gasteiger partial charge is 0.445 e. The number of halogens is 3. The van der Waals surface area contributed by atoms with Crippen LogP contribution in [0.2, 0.25) is 5.02 Å². The van der Waals surface area contributed by atoms with Crippen molar-refractivity contribution in [1.82, 2.24) is 4.98 Å². The molecular weight excluding hydrogens is 412 g/mol. The summed E-state index contributed by atoms with van der Waals surface area (Å²) in [5, 5.41) is 0.357. The van der Waals surface area contributed by atoms with Crippen LogP contribution in [0.3, 0.4) is 0 Å². The maximum Gasteiger partial charge on any atom is 0.340 e. The first-order chi connectivity index (χ1) is 14.5. The van der Waals surface area contributed by atoms with Gasteiger partial charge >= 0.3 is 5.97 Å². The quantitative estimate of drug-likeness (QED) is 0.247. The molecule has 3 aromatic carbocycles. The Balaban J connectivity index is 1.73. The number of para-hydroxylation sites is 1. The normalized spacial score (nSPS) is 12.0. The predicted octanol–water partition coefficient (Wildman–Crippen LogP) is 5.88. The van der Waals surface area contributed by atoms with Crippen molar-refractivity contribution in [2.75, 3.05) is 0 Å². The minimum absolute atomic E-state index is 0.315. The summed E-state index contributed by atoms with van der Waals surface area (Å²) >= 11 is 5.89. The molecule has 4 nitrogen and oxygen atoms in total. The number of esters is 1. The van der Waals surface area contributed by atoms with Crippen LogP contribution in [-0.4, -0.2) is 16.7 Å². The third-order valence-corrected chi connectivity index (χ3v) is 4.96. The second-order valence-corrected chi connectivity index (χ2v) is 6.96. The molecule has 150 valence electrons. The van der Waals surface area contributed by atoms with E-state index in [0.29, 0.717) is 28.6 Å². The summed E-state index contributed by atoms with van der Waals surface area (Å²) in [6, 6.07) is 17.0. The van der Waals surface area contributed by atoms with E-state index in [2.05, 4.69) is 4.98 Å². The van der Waals surface area contributed by atoms with E-state index in [1.807, 2.05) is 12.1 Å². The summed E-state index contributed by atoms with van der Waals surface area (Å²) in [4.78, 5) is 29.0. The fourth-order valence-electron chi connectivity index (χ4n) is 3.17. The van der Waals surface area contributed by atoms with Crippen LogP contribution in [0.4, 0.5) is 8.78 Å². The van der Waals surface area contributed by atoms with Crippen molar-refractivity contribution in [1.29, 1.82) is 0 Å². The molecule has 0 amide bonds. The summed E-state index contributed by atoms with van der Waals surface area (Å²) in [6.07, 6.45) is 0.239. The number of aromatic amines is 1. The fraction of sp³-hybridized carbons (Fsp3) is 0.0435. The number of aromatic nitrogens is 1. The maximum atomic E-state index is 13.6. The highest BCUT2D eigenvalue weighted by atomic mass is 35.5. The molecule has 4 rings (SSSR count). The number of hydrogen-bond donors (Lipinski definition) is 1. The van der Waals surface area contributed by atoms with Crippen LogP contribution in [0.15, 0.2) is 72.9 Å². The molecule has 0 saturated heterocycles. The average Bonchev–Trinajstić information content (AvgIpc) is 3.19.